The van der Waals surface area contributed by atoms with Gasteiger partial charge in [-0.2, -0.15) is 5.10 Å². The first-order valence-electron chi connectivity index (χ1n) is 13.5. The Morgan fingerprint density at radius 1 is 0.800 bits per heavy atom. The van der Waals surface area contributed by atoms with Crippen molar-refractivity contribution < 1.29 is 0 Å². The van der Waals surface area contributed by atoms with Crippen LogP contribution in [0.5, 0.6) is 0 Å². The molecule has 0 spiro atoms. The van der Waals surface area contributed by atoms with Crippen LogP contribution >= 0.6 is 12.2 Å². The van der Waals surface area contributed by atoms with Gasteiger partial charge in [-0.3, -0.25) is 15.4 Å². The van der Waals surface area contributed by atoms with Crippen LogP contribution in [-0.2, 0) is 0 Å². The largest absolute Gasteiger partial charge is 0.354 e. The molecule has 0 unspecified atom stereocenters. The average Bonchev–Trinajstić information content (AvgIpc) is 2.88. The van der Waals surface area contributed by atoms with Gasteiger partial charge in [0.15, 0.2) is 5.11 Å². The lowest BCUT2D eigenvalue weighted by atomic mass is 9.91. The Morgan fingerprint density at radius 3 is 1.71 bits per heavy atom. The molecule has 0 amide bonds. The molecule has 1 N–H and O–H groups in total. The number of pyridine rings is 2. The second kappa shape index (κ2) is 18.0. The minimum Gasteiger partial charge on any atom is -0.354 e. The highest BCUT2D eigenvalue weighted by Crippen LogP contribution is 2.26. The number of hydrazone groups is 1. The van der Waals surface area contributed by atoms with E-state index >= 15 is 0 Å². The van der Waals surface area contributed by atoms with Gasteiger partial charge >= 0.3 is 0 Å². The highest BCUT2D eigenvalue weighted by Gasteiger charge is 2.23. The number of aromatic nitrogens is 2. The molecule has 0 aliphatic heterocycles. The monoisotopic (exact) mass is 495 g/mol. The van der Waals surface area contributed by atoms with Gasteiger partial charge in [-0.1, -0.05) is 89.7 Å². The lowest BCUT2D eigenvalue weighted by molar-refractivity contribution is 0.545. The zero-order chi connectivity index (χ0) is 25.1. The van der Waals surface area contributed by atoms with Crippen molar-refractivity contribution >= 4 is 23.0 Å². The molecule has 6 heteroatoms. The summed E-state index contributed by atoms with van der Waals surface area (Å²) in [6.45, 7) is 2.28. The summed E-state index contributed by atoms with van der Waals surface area (Å²) in [6.07, 6.45) is 20.6. The van der Waals surface area contributed by atoms with Gasteiger partial charge in [0.25, 0.3) is 0 Å². The smallest absolute Gasteiger partial charge is 0.189 e. The standard InChI is InChI=1S/C29H45N5S/c1-4-5-6-7-8-9-10-11-12-13-14-15-22-27(32-33-29(35)34(2)3)28(25-20-16-18-23-30-25)26-21-17-19-24-31-26/h16-21,23-24,28H,4-15,22H2,1-3H3,(H,33,35). The Hall–Kier alpha value is -2.34. The molecule has 0 radical (unpaired) electrons. The van der Waals surface area contributed by atoms with E-state index < -0.39 is 0 Å². The van der Waals surface area contributed by atoms with Gasteiger partial charge in [-0.05, 0) is 49.3 Å². The molecule has 35 heavy (non-hydrogen) atoms. The van der Waals surface area contributed by atoms with Crippen molar-refractivity contribution in [3.8, 4) is 0 Å². The second-order valence-electron chi connectivity index (χ2n) is 9.50. The van der Waals surface area contributed by atoms with Crippen LogP contribution in [-0.4, -0.2) is 39.8 Å². The number of nitrogens with one attached hydrogen (secondary N) is 1. The summed E-state index contributed by atoms with van der Waals surface area (Å²) in [7, 11) is 3.84. The number of nitrogens with zero attached hydrogens (tertiary/aromatic N) is 4. The van der Waals surface area contributed by atoms with E-state index in [9.17, 15) is 0 Å². The van der Waals surface area contributed by atoms with Gasteiger partial charge in [-0.15, -0.1) is 0 Å². The number of thiocarbonyl (C=S) groups is 1. The first-order valence-corrected chi connectivity index (χ1v) is 13.9. The topological polar surface area (TPSA) is 53.4 Å². The molecular weight excluding hydrogens is 450 g/mol. The van der Waals surface area contributed by atoms with Gasteiger partial charge in [-0.25, -0.2) is 0 Å². The molecule has 192 valence electrons. The van der Waals surface area contributed by atoms with E-state index in [1.807, 2.05) is 55.7 Å². The van der Waals surface area contributed by atoms with Crippen molar-refractivity contribution in [2.75, 3.05) is 14.1 Å². The molecule has 0 bridgehead atoms. The van der Waals surface area contributed by atoms with Crippen LogP contribution in [0, 0.1) is 0 Å². The maximum atomic E-state index is 5.43. The third-order valence-corrected chi connectivity index (χ3v) is 6.74. The summed E-state index contributed by atoms with van der Waals surface area (Å²) in [5.41, 5.74) is 6.03. The summed E-state index contributed by atoms with van der Waals surface area (Å²) in [6, 6.07) is 12.1. The van der Waals surface area contributed by atoms with Crippen molar-refractivity contribution in [3.05, 3.63) is 60.2 Å². The fourth-order valence-electron chi connectivity index (χ4n) is 4.22. The van der Waals surface area contributed by atoms with Gasteiger partial charge in [0.05, 0.1) is 23.0 Å². The molecule has 0 aliphatic rings. The Balaban J connectivity index is 1.92. The molecule has 2 aromatic rings. The molecule has 0 aliphatic carbocycles. The molecule has 0 atom stereocenters. The SMILES string of the molecule is CCCCCCCCCCCCCCC(=NNC(=S)N(C)C)C(c1ccccn1)c1ccccn1. The predicted octanol–water partition coefficient (Wildman–Crippen LogP) is 7.49. The number of unbranched alkanes of at least 4 members (excludes halogenated alkanes) is 11. The van der Waals surface area contributed by atoms with Crippen LogP contribution in [0.15, 0.2) is 53.9 Å². The highest BCUT2D eigenvalue weighted by molar-refractivity contribution is 7.80. The van der Waals surface area contributed by atoms with Gasteiger partial charge < -0.3 is 4.90 Å². The molecule has 0 fully saturated rings. The summed E-state index contributed by atoms with van der Waals surface area (Å²) in [5, 5.41) is 5.39. The summed E-state index contributed by atoms with van der Waals surface area (Å²) < 4.78 is 0. The lowest BCUT2D eigenvalue weighted by Gasteiger charge is -2.20. The number of hydrogen-bond acceptors (Lipinski definition) is 4. The van der Waals surface area contributed by atoms with Crippen LogP contribution in [0.3, 0.4) is 0 Å². The Bertz CT molecular complexity index is 799. The lowest BCUT2D eigenvalue weighted by Crippen LogP contribution is -2.32. The number of rotatable bonds is 17. The van der Waals surface area contributed by atoms with Gasteiger partial charge in [0.1, 0.15) is 0 Å². The van der Waals surface area contributed by atoms with E-state index in [1.54, 1.807) is 0 Å². The van der Waals surface area contributed by atoms with Crippen LogP contribution in [0.25, 0.3) is 0 Å². The molecule has 2 rings (SSSR count). The minimum atomic E-state index is -0.0948. The van der Waals surface area contributed by atoms with Gasteiger partial charge in [0.2, 0.25) is 0 Å². The molecule has 0 aromatic carbocycles. The van der Waals surface area contributed by atoms with Gasteiger partial charge in [0, 0.05) is 26.5 Å². The molecular formula is C29H45N5S. The molecule has 5 nitrogen and oxygen atoms in total. The summed E-state index contributed by atoms with van der Waals surface area (Å²) in [4.78, 5) is 11.2. The fraction of sp³-hybridized carbons (Fsp3) is 0.586. The maximum absolute atomic E-state index is 5.43. The normalized spacial score (nSPS) is 11.6. The van der Waals surface area contributed by atoms with Crippen LogP contribution in [0.2, 0.25) is 0 Å². The fourth-order valence-corrected chi connectivity index (χ4v) is 4.26. The Labute approximate surface area is 218 Å². The molecule has 2 aromatic heterocycles. The Kier molecular flexibility index (Phi) is 14.9. The van der Waals surface area contributed by atoms with Crippen molar-refractivity contribution in [2.24, 2.45) is 5.10 Å². The van der Waals surface area contributed by atoms with E-state index in [0.717, 1.165) is 29.9 Å². The second-order valence-corrected chi connectivity index (χ2v) is 9.88. The van der Waals surface area contributed by atoms with Crippen molar-refractivity contribution in [2.45, 2.75) is 96.3 Å². The number of hydrogen-bond donors (Lipinski definition) is 1. The van der Waals surface area contributed by atoms with Crippen molar-refractivity contribution in [3.63, 3.8) is 0 Å². The van der Waals surface area contributed by atoms with Crippen LogP contribution < -0.4 is 5.43 Å². The third kappa shape index (κ3) is 11.8. The van der Waals surface area contributed by atoms with Crippen molar-refractivity contribution in [1.29, 1.82) is 0 Å². The van der Waals surface area contributed by atoms with E-state index in [4.69, 9.17) is 17.3 Å². The first kappa shape index (κ1) is 28.9. The van der Waals surface area contributed by atoms with Crippen LogP contribution in [0.4, 0.5) is 0 Å². The first-order chi connectivity index (χ1) is 17.1. The average molecular weight is 496 g/mol. The maximum Gasteiger partial charge on any atom is 0.189 e. The van der Waals surface area contributed by atoms with E-state index in [2.05, 4.69) is 34.5 Å². The highest BCUT2D eigenvalue weighted by atomic mass is 32.1. The zero-order valence-corrected chi connectivity index (χ0v) is 22.9. The third-order valence-electron chi connectivity index (χ3n) is 6.29. The Morgan fingerprint density at radius 2 is 1.29 bits per heavy atom. The summed E-state index contributed by atoms with van der Waals surface area (Å²) in [5.74, 6) is -0.0948. The van der Waals surface area contributed by atoms with Crippen LogP contribution in [0.1, 0.15) is 108 Å². The molecule has 0 saturated heterocycles. The molecule has 0 saturated carbocycles. The van der Waals surface area contributed by atoms with E-state index in [0.29, 0.717) is 5.11 Å². The zero-order valence-electron chi connectivity index (χ0n) is 22.1. The van der Waals surface area contributed by atoms with E-state index in [1.165, 1.54) is 70.6 Å². The van der Waals surface area contributed by atoms with E-state index in [-0.39, 0.29) is 5.92 Å². The van der Waals surface area contributed by atoms with Crippen molar-refractivity contribution in [1.82, 2.24) is 20.3 Å². The predicted molar refractivity (Wildman–Crippen MR) is 153 cm³/mol. The minimum absolute atomic E-state index is 0.0948. The molecule has 2 heterocycles. The quantitative estimate of drug-likeness (QED) is 0.107. The summed E-state index contributed by atoms with van der Waals surface area (Å²) >= 11 is 5.43.